The second kappa shape index (κ2) is 8.95. The van der Waals surface area contributed by atoms with Gasteiger partial charge in [-0.2, -0.15) is 0 Å². The smallest absolute Gasteiger partial charge is 0.271 e. The first-order chi connectivity index (χ1) is 14.5. The van der Waals surface area contributed by atoms with Gasteiger partial charge in [0.25, 0.3) is 5.56 Å². The number of carbonyl (C=O) groups is 1. The van der Waals surface area contributed by atoms with Gasteiger partial charge in [-0.3, -0.25) is 14.2 Å². The van der Waals surface area contributed by atoms with E-state index in [2.05, 4.69) is 22.2 Å². The average Bonchev–Trinajstić information content (AvgIpc) is 3.10. The average molecular weight is 455 g/mol. The van der Waals surface area contributed by atoms with Crippen LogP contribution in [0.5, 0.6) is 0 Å². The van der Waals surface area contributed by atoms with E-state index in [1.54, 1.807) is 4.57 Å². The number of H-pyrrole nitrogens is 1. The second-order valence-electron chi connectivity index (χ2n) is 6.45. The van der Waals surface area contributed by atoms with Gasteiger partial charge in [-0.05, 0) is 48.5 Å². The summed E-state index contributed by atoms with van der Waals surface area (Å²) in [6.45, 7) is 2.08. The van der Waals surface area contributed by atoms with E-state index in [0.29, 0.717) is 19.5 Å². The quantitative estimate of drug-likeness (QED) is 0.249. The van der Waals surface area contributed by atoms with Crippen LogP contribution in [0, 0.1) is 3.95 Å². The van der Waals surface area contributed by atoms with E-state index >= 15 is 0 Å². The lowest BCUT2D eigenvalue weighted by molar-refractivity contribution is -0.113. The Balaban J connectivity index is 1.55. The number of aryl methyl sites for hydroxylation is 1. The van der Waals surface area contributed by atoms with Crippen molar-refractivity contribution >= 4 is 57.3 Å². The summed E-state index contributed by atoms with van der Waals surface area (Å²) in [6, 6.07) is 17.3. The molecule has 9 heteroatoms. The zero-order chi connectivity index (χ0) is 21.1. The molecule has 0 unspecified atom stereocenters. The lowest BCUT2D eigenvalue weighted by Crippen LogP contribution is -2.15. The maximum absolute atomic E-state index is 12.5. The molecule has 0 radical (unpaired) electrons. The molecule has 0 saturated heterocycles. The van der Waals surface area contributed by atoms with Crippen LogP contribution in [-0.4, -0.2) is 26.2 Å². The number of amides is 1. The fourth-order valence-corrected chi connectivity index (χ4v) is 4.85. The number of anilines is 1. The van der Waals surface area contributed by atoms with Gasteiger partial charge in [-0.1, -0.05) is 60.4 Å². The minimum atomic E-state index is -0.260. The van der Waals surface area contributed by atoms with Gasteiger partial charge < -0.3 is 10.3 Å². The monoisotopic (exact) mass is 454 g/mol. The maximum Gasteiger partial charge on any atom is 0.271 e. The molecule has 0 aliphatic rings. The van der Waals surface area contributed by atoms with E-state index in [-0.39, 0.29) is 17.2 Å². The molecule has 0 bridgehead atoms. The van der Waals surface area contributed by atoms with Crippen molar-refractivity contribution < 1.29 is 4.79 Å². The van der Waals surface area contributed by atoms with E-state index in [0.717, 1.165) is 17.8 Å². The van der Waals surface area contributed by atoms with Crippen molar-refractivity contribution in [2.45, 2.75) is 18.5 Å². The predicted octanol–water partition coefficient (Wildman–Crippen LogP) is 4.80. The van der Waals surface area contributed by atoms with Crippen LogP contribution in [-0.2, 0) is 11.2 Å². The molecule has 2 aromatic carbocycles. The highest BCUT2D eigenvalue weighted by molar-refractivity contribution is 7.99. The van der Waals surface area contributed by atoms with Gasteiger partial charge in [-0.15, -0.1) is 0 Å². The number of thioether (sulfide) groups is 1. The second-order valence-corrected chi connectivity index (χ2v) is 9.06. The number of thiazole rings is 1. The first kappa shape index (κ1) is 20.5. The molecule has 0 saturated carbocycles. The van der Waals surface area contributed by atoms with Crippen LogP contribution in [0.25, 0.3) is 16.0 Å². The van der Waals surface area contributed by atoms with Gasteiger partial charge in [0.2, 0.25) is 5.91 Å². The number of benzene rings is 2. The number of hydrogen-bond acceptors (Lipinski definition) is 6. The van der Waals surface area contributed by atoms with Gasteiger partial charge in [0.1, 0.15) is 4.70 Å². The number of rotatable bonds is 6. The van der Waals surface area contributed by atoms with Crippen molar-refractivity contribution in [3.05, 3.63) is 74.5 Å². The Kier molecular flexibility index (Phi) is 6.12. The van der Waals surface area contributed by atoms with Gasteiger partial charge in [-0.25, -0.2) is 4.98 Å². The van der Waals surface area contributed by atoms with Crippen molar-refractivity contribution in [1.29, 1.82) is 0 Å². The van der Waals surface area contributed by atoms with Gasteiger partial charge >= 0.3 is 0 Å². The van der Waals surface area contributed by atoms with E-state index in [9.17, 15) is 9.59 Å². The van der Waals surface area contributed by atoms with Crippen molar-refractivity contribution in [2.75, 3.05) is 11.1 Å². The molecule has 2 heterocycles. The van der Waals surface area contributed by atoms with Crippen LogP contribution in [0.15, 0.2) is 64.5 Å². The molecule has 0 fully saturated rings. The van der Waals surface area contributed by atoms with Crippen molar-refractivity contribution in [3.63, 3.8) is 0 Å². The van der Waals surface area contributed by atoms with Crippen LogP contribution in [0.2, 0.25) is 0 Å². The van der Waals surface area contributed by atoms with Crippen LogP contribution in [0.4, 0.5) is 5.69 Å². The first-order valence-corrected chi connectivity index (χ1v) is 11.5. The molecule has 4 rings (SSSR count). The first-order valence-electron chi connectivity index (χ1n) is 9.28. The third kappa shape index (κ3) is 4.38. The molecule has 0 atom stereocenters. The van der Waals surface area contributed by atoms with Crippen molar-refractivity contribution in [2.24, 2.45) is 0 Å². The molecule has 2 aromatic heterocycles. The summed E-state index contributed by atoms with van der Waals surface area (Å²) in [5, 5.41) is 3.23. The molecule has 152 valence electrons. The van der Waals surface area contributed by atoms with Crippen LogP contribution in [0.3, 0.4) is 0 Å². The number of carbonyl (C=O) groups excluding carboxylic acids is 1. The molecule has 30 heavy (non-hydrogen) atoms. The van der Waals surface area contributed by atoms with Crippen LogP contribution >= 0.6 is 35.3 Å². The van der Waals surface area contributed by atoms with E-state index in [1.165, 1.54) is 28.7 Å². The van der Waals surface area contributed by atoms with E-state index in [1.807, 2.05) is 54.6 Å². The fourth-order valence-electron chi connectivity index (χ4n) is 2.92. The zero-order valence-corrected chi connectivity index (χ0v) is 18.5. The highest BCUT2D eigenvalue weighted by Crippen LogP contribution is 2.24. The fraction of sp³-hybridized carbons (Fsp3) is 0.143. The summed E-state index contributed by atoms with van der Waals surface area (Å²) in [7, 11) is 0. The Morgan fingerprint density at radius 2 is 1.93 bits per heavy atom. The minimum Gasteiger partial charge on any atom is -0.325 e. The Hall–Kier alpha value is -2.75. The number of aromatic amines is 1. The van der Waals surface area contributed by atoms with Crippen molar-refractivity contribution in [3.8, 4) is 5.69 Å². The Bertz CT molecular complexity index is 1310. The van der Waals surface area contributed by atoms with Gasteiger partial charge in [0.05, 0.1) is 5.75 Å². The minimum absolute atomic E-state index is 0.125. The summed E-state index contributed by atoms with van der Waals surface area (Å²) in [5.41, 5.74) is 3.03. The van der Waals surface area contributed by atoms with Crippen LogP contribution < -0.4 is 10.9 Å². The Labute approximate surface area is 186 Å². The molecule has 0 aliphatic heterocycles. The number of nitrogens with zero attached hydrogens (tertiary/aromatic N) is 2. The predicted molar refractivity (Wildman–Crippen MR) is 126 cm³/mol. The summed E-state index contributed by atoms with van der Waals surface area (Å²) in [4.78, 5) is 32.2. The number of nitrogens with one attached hydrogen (secondary N) is 2. The molecule has 2 N–H and O–H groups in total. The van der Waals surface area contributed by atoms with E-state index < -0.39 is 0 Å². The summed E-state index contributed by atoms with van der Waals surface area (Å²) >= 11 is 7.85. The molecular weight excluding hydrogens is 436 g/mol. The highest BCUT2D eigenvalue weighted by atomic mass is 32.2. The summed E-state index contributed by atoms with van der Waals surface area (Å²) < 4.78 is 2.79. The third-order valence-corrected chi connectivity index (χ3v) is 6.66. The largest absolute Gasteiger partial charge is 0.325 e. The molecule has 4 aromatic rings. The molecule has 6 nitrogen and oxygen atoms in total. The number of para-hydroxylation sites is 1. The number of aromatic nitrogens is 3. The molecule has 0 spiro atoms. The highest BCUT2D eigenvalue weighted by Gasteiger charge is 2.14. The van der Waals surface area contributed by atoms with Gasteiger partial charge in [0.15, 0.2) is 14.8 Å². The Morgan fingerprint density at radius 1 is 1.20 bits per heavy atom. The lowest BCUT2D eigenvalue weighted by atomic mass is 10.1. The summed E-state index contributed by atoms with van der Waals surface area (Å²) in [6.07, 6.45) is 0.948. The molecule has 0 aliphatic carbocycles. The SMILES string of the molecule is CCc1ccc(NC(=O)CSc2nc3c(sc(=S)n3-c3ccccc3)c(=O)[nH]2)cc1. The lowest BCUT2D eigenvalue weighted by Gasteiger charge is -2.07. The van der Waals surface area contributed by atoms with Crippen molar-refractivity contribution in [1.82, 2.24) is 14.5 Å². The third-order valence-electron chi connectivity index (χ3n) is 4.42. The normalized spacial score (nSPS) is 11.0. The Morgan fingerprint density at radius 3 is 2.63 bits per heavy atom. The van der Waals surface area contributed by atoms with Crippen LogP contribution in [0.1, 0.15) is 12.5 Å². The number of hydrogen-bond donors (Lipinski definition) is 2. The van der Waals surface area contributed by atoms with Gasteiger partial charge in [0, 0.05) is 11.4 Å². The molecule has 1 amide bonds. The number of fused-ring (bicyclic) bond motifs is 1. The summed E-state index contributed by atoms with van der Waals surface area (Å²) in [5.74, 6) is -0.0441. The topological polar surface area (TPSA) is 79.8 Å². The standard InChI is InChI=1S/C21H18N4O2S3/c1-2-13-8-10-14(11-9-13)22-16(26)12-29-20-23-18-17(19(27)24-20)30-21(28)25(18)15-6-4-3-5-7-15/h3-11H,2,12H2,1H3,(H,22,26)(H,23,24,27). The van der Waals surface area contributed by atoms with E-state index in [4.69, 9.17) is 12.2 Å². The molecular formula is C21H18N4O2S3. The zero-order valence-electron chi connectivity index (χ0n) is 16.0. The maximum atomic E-state index is 12.5.